The van der Waals surface area contributed by atoms with Crippen LogP contribution >= 0.6 is 24.0 Å². The van der Waals surface area contributed by atoms with Gasteiger partial charge in [0.1, 0.15) is 0 Å². The molecule has 0 saturated carbocycles. The van der Waals surface area contributed by atoms with Gasteiger partial charge in [0.2, 0.25) is 0 Å². The van der Waals surface area contributed by atoms with Crippen molar-refractivity contribution in [2.24, 2.45) is 0 Å². The zero-order valence-corrected chi connectivity index (χ0v) is 8.72. The minimum absolute atomic E-state index is 0. The summed E-state index contributed by atoms with van der Waals surface area (Å²) >= 11 is 5.51. The molecule has 1 N–H and O–H groups in total. The highest BCUT2D eigenvalue weighted by atomic mass is 35.5. The first-order chi connectivity index (χ1) is 5.96. The van der Waals surface area contributed by atoms with Crippen LogP contribution in [-0.4, -0.2) is 7.05 Å². The van der Waals surface area contributed by atoms with Crippen LogP contribution in [0.15, 0.2) is 18.2 Å². The fourth-order valence-electron chi connectivity index (χ4n) is 0.944. The maximum Gasteiger partial charge on any atom is 0.417 e. The van der Waals surface area contributed by atoms with E-state index in [2.05, 4.69) is 5.32 Å². The van der Waals surface area contributed by atoms with Crippen molar-refractivity contribution in [3.05, 3.63) is 28.8 Å². The van der Waals surface area contributed by atoms with Gasteiger partial charge in [-0.2, -0.15) is 13.2 Å². The van der Waals surface area contributed by atoms with E-state index in [4.69, 9.17) is 11.6 Å². The third kappa shape index (κ3) is 2.69. The highest BCUT2D eigenvalue weighted by Gasteiger charge is 2.33. The summed E-state index contributed by atoms with van der Waals surface area (Å²) in [6.45, 7) is 0. The molecule has 0 aromatic heterocycles. The van der Waals surface area contributed by atoms with Crippen LogP contribution in [0.4, 0.5) is 18.9 Å². The minimum Gasteiger partial charge on any atom is -0.387 e. The molecular weight excluding hydrogens is 238 g/mol. The van der Waals surface area contributed by atoms with Gasteiger partial charge in [0, 0.05) is 7.05 Å². The quantitative estimate of drug-likeness (QED) is 0.794. The lowest BCUT2D eigenvalue weighted by Crippen LogP contribution is -2.06. The zero-order chi connectivity index (χ0) is 10.1. The number of nitrogens with one attached hydrogen (secondary N) is 1. The molecule has 0 saturated heterocycles. The molecule has 0 aliphatic heterocycles. The van der Waals surface area contributed by atoms with Crippen molar-refractivity contribution >= 4 is 29.7 Å². The Morgan fingerprint density at radius 3 is 2.29 bits per heavy atom. The van der Waals surface area contributed by atoms with Crippen LogP contribution in [0, 0.1) is 0 Å². The Morgan fingerprint density at radius 2 is 1.86 bits per heavy atom. The molecule has 6 heteroatoms. The standard InChI is InChI=1S/C8H7ClF3N.ClH/c1-13-6-4-2-3-5(7(6)9)8(10,11)12;/h2-4,13H,1H3;1H. The van der Waals surface area contributed by atoms with E-state index in [1.807, 2.05) is 0 Å². The second-order valence-corrected chi connectivity index (χ2v) is 2.79. The summed E-state index contributed by atoms with van der Waals surface area (Å²) in [4.78, 5) is 0. The predicted octanol–water partition coefficient (Wildman–Crippen LogP) is 3.82. The molecule has 0 aliphatic carbocycles. The van der Waals surface area contributed by atoms with Crippen LogP contribution in [0.25, 0.3) is 0 Å². The highest BCUT2D eigenvalue weighted by molar-refractivity contribution is 6.34. The summed E-state index contributed by atoms with van der Waals surface area (Å²) in [6.07, 6.45) is -4.40. The van der Waals surface area contributed by atoms with E-state index in [1.165, 1.54) is 19.2 Å². The van der Waals surface area contributed by atoms with Gasteiger partial charge in [-0.3, -0.25) is 0 Å². The average Bonchev–Trinajstić information content (AvgIpc) is 2.02. The largest absolute Gasteiger partial charge is 0.417 e. The summed E-state index contributed by atoms with van der Waals surface area (Å²) in [6, 6.07) is 3.74. The van der Waals surface area contributed by atoms with Gasteiger partial charge in [0.15, 0.2) is 0 Å². The molecule has 0 spiro atoms. The van der Waals surface area contributed by atoms with Gasteiger partial charge in [-0.15, -0.1) is 12.4 Å². The smallest absolute Gasteiger partial charge is 0.387 e. The number of halogens is 5. The first-order valence-corrected chi connectivity index (χ1v) is 3.88. The van der Waals surface area contributed by atoms with Crippen LogP contribution in [0.5, 0.6) is 0 Å². The van der Waals surface area contributed by atoms with Gasteiger partial charge in [-0.25, -0.2) is 0 Å². The van der Waals surface area contributed by atoms with E-state index in [1.54, 1.807) is 0 Å². The first kappa shape index (κ1) is 13.4. The molecular formula is C8H8Cl2F3N. The van der Waals surface area contributed by atoms with Crippen molar-refractivity contribution in [1.82, 2.24) is 0 Å². The topological polar surface area (TPSA) is 12.0 Å². The summed E-state index contributed by atoms with van der Waals surface area (Å²) in [7, 11) is 1.52. The highest BCUT2D eigenvalue weighted by Crippen LogP contribution is 2.37. The number of alkyl halides is 3. The molecule has 14 heavy (non-hydrogen) atoms. The van der Waals surface area contributed by atoms with Crippen molar-refractivity contribution in [2.45, 2.75) is 6.18 Å². The molecule has 0 unspecified atom stereocenters. The Kier molecular flexibility index (Phi) is 4.55. The lowest BCUT2D eigenvalue weighted by molar-refractivity contribution is -0.137. The lowest BCUT2D eigenvalue weighted by Gasteiger charge is -2.11. The SMILES string of the molecule is CNc1cccc(C(F)(F)F)c1Cl.Cl. The monoisotopic (exact) mass is 245 g/mol. The van der Waals surface area contributed by atoms with Gasteiger partial charge in [0.05, 0.1) is 16.3 Å². The summed E-state index contributed by atoms with van der Waals surface area (Å²) in [5, 5.41) is 2.28. The third-order valence-corrected chi connectivity index (χ3v) is 1.98. The molecule has 0 fully saturated rings. The van der Waals surface area contributed by atoms with Crippen LogP contribution in [0.3, 0.4) is 0 Å². The maximum atomic E-state index is 12.3. The summed E-state index contributed by atoms with van der Waals surface area (Å²) in [5.74, 6) is 0. The molecule has 1 nitrogen and oxygen atoms in total. The van der Waals surface area contributed by atoms with E-state index in [-0.39, 0.29) is 23.1 Å². The van der Waals surface area contributed by atoms with Crippen LogP contribution in [0.2, 0.25) is 5.02 Å². The molecule has 1 aromatic carbocycles. The predicted molar refractivity (Wildman–Crippen MR) is 53.2 cm³/mol. The molecule has 0 heterocycles. The van der Waals surface area contributed by atoms with Crippen LogP contribution < -0.4 is 5.32 Å². The number of hydrogen-bond acceptors (Lipinski definition) is 1. The number of hydrogen-bond donors (Lipinski definition) is 1. The van der Waals surface area contributed by atoms with Gasteiger partial charge in [0.25, 0.3) is 0 Å². The van der Waals surface area contributed by atoms with Crippen LogP contribution in [0.1, 0.15) is 5.56 Å². The van der Waals surface area contributed by atoms with Gasteiger partial charge in [-0.1, -0.05) is 17.7 Å². The van der Waals surface area contributed by atoms with E-state index < -0.39 is 11.7 Å². The van der Waals surface area contributed by atoms with E-state index in [0.29, 0.717) is 0 Å². The number of anilines is 1. The van der Waals surface area contributed by atoms with Crippen LogP contribution in [-0.2, 0) is 6.18 Å². The molecule has 0 bridgehead atoms. The second-order valence-electron chi connectivity index (χ2n) is 2.41. The Morgan fingerprint density at radius 1 is 1.29 bits per heavy atom. The van der Waals surface area contributed by atoms with E-state index >= 15 is 0 Å². The fraction of sp³-hybridized carbons (Fsp3) is 0.250. The van der Waals surface area contributed by atoms with Crippen molar-refractivity contribution in [1.29, 1.82) is 0 Å². The Balaban J connectivity index is 0.00000169. The van der Waals surface area contributed by atoms with Gasteiger partial charge >= 0.3 is 6.18 Å². The lowest BCUT2D eigenvalue weighted by atomic mass is 10.2. The molecule has 0 aliphatic rings. The summed E-state index contributed by atoms with van der Waals surface area (Å²) in [5.41, 5.74) is -0.544. The first-order valence-electron chi connectivity index (χ1n) is 3.50. The normalized spacial score (nSPS) is 10.6. The average molecular weight is 246 g/mol. The minimum atomic E-state index is -4.40. The molecule has 0 atom stereocenters. The van der Waals surface area contributed by atoms with E-state index in [0.717, 1.165) is 6.07 Å². The summed E-state index contributed by atoms with van der Waals surface area (Å²) < 4.78 is 36.8. The molecule has 1 rings (SSSR count). The molecule has 0 amide bonds. The van der Waals surface area contributed by atoms with Gasteiger partial charge in [-0.05, 0) is 12.1 Å². The maximum absolute atomic E-state index is 12.3. The zero-order valence-electron chi connectivity index (χ0n) is 7.15. The van der Waals surface area contributed by atoms with Crippen molar-refractivity contribution in [3.63, 3.8) is 0 Å². The second kappa shape index (κ2) is 4.75. The number of benzene rings is 1. The Labute approximate surface area is 90.7 Å². The molecule has 1 aromatic rings. The van der Waals surface area contributed by atoms with Gasteiger partial charge < -0.3 is 5.32 Å². The number of rotatable bonds is 1. The molecule has 0 radical (unpaired) electrons. The molecule has 80 valence electrons. The fourth-order valence-corrected chi connectivity index (χ4v) is 1.27. The van der Waals surface area contributed by atoms with Crippen molar-refractivity contribution < 1.29 is 13.2 Å². The van der Waals surface area contributed by atoms with Crippen molar-refractivity contribution in [3.8, 4) is 0 Å². The van der Waals surface area contributed by atoms with Crippen molar-refractivity contribution in [2.75, 3.05) is 12.4 Å². The Bertz CT molecular complexity index is 312. The third-order valence-electron chi connectivity index (χ3n) is 1.57. The Hall–Kier alpha value is -0.610. The van der Waals surface area contributed by atoms with E-state index in [9.17, 15) is 13.2 Å².